The first-order chi connectivity index (χ1) is 12.6. The molecule has 2 aromatic rings. The van der Waals surface area contributed by atoms with Crippen molar-refractivity contribution in [2.45, 2.75) is 25.3 Å². The van der Waals surface area contributed by atoms with E-state index < -0.39 is 5.97 Å². The van der Waals surface area contributed by atoms with E-state index in [4.69, 9.17) is 9.84 Å². The molecule has 0 saturated carbocycles. The number of likely N-dealkylation sites (N-methyl/N-ethyl adjacent to an activating group) is 1. The fourth-order valence-corrected chi connectivity index (χ4v) is 3.75. The van der Waals surface area contributed by atoms with E-state index >= 15 is 0 Å². The van der Waals surface area contributed by atoms with Gasteiger partial charge in [0.2, 0.25) is 0 Å². The number of carboxylic acids is 1. The summed E-state index contributed by atoms with van der Waals surface area (Å²) in [5.41, 5.74) is 0. The summed E-state index contributed by atoms with van der Waals surface area (Å²) in [6, 6.07) is 14.8. The Labute approximate surface area is 155 Å². The number of likely N-dealkylation sites (tertiary alicyclic amines) is 1. The van der Waals surface area contributed by atoms with Gasteiger partial charge in [0, 0.05) is 18.0 Å². The van der Waals surface area contributed by atoms with Gasteiger partial charge in [-0.05, 0) is 50.9 Å². The highest BCUT2D eigenvalue weighted by Gasteiger charge is 2.21. The Morgan fingerprint density at radius 1 is 1.19 bits per heavy atom. The lowest BCUT2D eigenvalue weighted by molar-refractivity contribution is -0.138. The summed E-state index contributed by atoms with van der Waals surface area (Å²) in [7, 11) is 1.91. The van der Waals surface area contributed by atoms with Crippen molar-refractivity contribution in [3.8, 4) is 5.75 Å². The van der Waals surface area contributed by atoms with Crippen LogP contribution >= 0.6 is 0 Å². The Bertz CT molecular complexity index is 729. The second-order valence-corrected chi connectivity index (χ2v) is 7.06. The summed E-state index contributed by atoms with van der Waals surface area (Å²) in [5.74, 6) is 0.189. The Kier molecular flexibility index (Phi) is 6.47. The van der Waals surface area contributed by atoms with E-state index in [0.29, 0.717) is 12.6 Å². The molecule has 0 bridgehead atoms. The predicted molar refractivity (Wildman–Crippen MR) is 104 cm³/mol. The van der Waals surface area contributed by atoms with E-state index in [9.17, 15) is 4.79 Å². The van der Waals surface area contributed by atoms with Crippen LogP contribution in [0.25, 0.3) is 10.8 Å². The van der Waals surface area contributed by atoms with Crippen LogP contribution in [0.2, 0.25) is 0 Å². The van der Waals surface area contributed by atoms with Crippen LogP contribution in [0, 0.1) is 0 Å². The fourth-order valence-electron chi connectivity index (χ4n) is 3.75. The van der Waals surface area contributed by atoms with E-state index in [0.717, 1.165) is 50.0 Å². The summed E-state index contributed by atoms with van der Waals surface area (Å²) < 4.78 is 6.06. The molecule has 1 atom stereocenters. The van der Waals surface area contributed by atoms with E-state index in [1.807, 2.05) is 36.2 Å². The number of hydrogen-bond acceptors (Lipinski definition) is 4. The Hall–Kier alpha value is -2.11. The summed E-state index contributed by atoms with van der Waals surface area (Å²) >= 11 is 0. The van der Waals surface area contributed by atoms with Crippen LogP contribution in [0.4, 0.5) is 0 Å². The van der Waals surface area contributed by atoms with Gasteiger partial charge in [-0.2, -0.15) is 0 Å². The number of nitrogens with zero attached hydrogens (tertiary/aromatic N) is 2. The van der Waals surface area contributed by atoms with Crippen molar-refractivity contribution in [1.29, 1.82) is 0 Å². The Morgan fingerprint density at radius 2 is 2.00 bits per heavy atom. The first-order valence-electron chi connectivity index (χ1n) is 9.38. The molecule has 140 valence electrons. The minimum Gasteiger partial charge on any atom is -0.492 e. The first-order valence-corrected chi connectivity index (χ1v) is 9.38. The Morgan fingerprint density at radius 3 is 2.85 bits per heavy atom. The molecule has 5 nitrogen and oxygen atoms in total. The van der Waals surface area contributed by atoms with Crippen molar-refractivity contribution >= 4 is 16.7 Å². The average Bonchev–Trinajstić information content (AvgIpc) is 2.87. The molecule has 0 aliphatic carbocycles. The van der Waals surface area contributed by atoms with Crippen LogP contribution in [0.15, 0.2) is 42.5 Å². The maximum atomic E-state index is 10.9. The van der Waals surface area contributed by atoms with E-state index in [2.05, 4.69) is 23.1 Å². The number of hydrogen-bond donors (Lipinski definition) is 1. The van der Waals surface area contributed by atoms with Crippen molar-refractivity contribution in [2.75, 3.05) is 39.8 Å². The lowest BCUT2D eigenvalue weighted by Gasteiger charge is -2.25. The minimum absolute atomic E-state index is 0.120. The van der Waals surface area contributed by atoms with Gasteiger partial charge in [-0.25, -0.2) is 0 Å². The topological polar surface area (TPSA) is 53.0 Å². The van der Waals surface area contributed by atoms with Crippen LogP contribution < -0.4 is 4.74 Å². The Balaban J connectivity index is 1.48. The van der Waals surface area contributed by atoms with Crippen LogP contribution in [0.5, 0.6) is 5.75 Å². The van der Waals surface area contributed by atoms with Gasteiger partial charge < -0.3 is 9.84 Å². The fraction of sp³-hybridized carbons (Fsp3) is 0.476. The SMILES string of the molecule is CN(CC(=O)O)C1CCCN(CCOc2cccc3ccccc23)CC1. The quantitative estimate of drug-likeness (QED) is 0.826. The van der Waals surface area contributed by atoms with Gasteiger partial charge in [0.05, 0.1) is 6.54 Å². The number of aliphatic carboxylic acids is 1. The molecule has 1 heterocycles. The molecule has 1 fully saturated rings. The zero-order valence-corrected chi connectivity index (χ0v) is 15.4. The van der Waals surface area contributed by atoms with Crippen LogP contribution in [0.1, 0.15) is 19.3 Å². The molecule has 1 N–H and O–H groups in total. The molecule has 0 aromatic heterocycles. The number of carbonyl (C=O) groups is 1. The third kappa shape index (κ3) is 4.96. The largest absolute Gasteiger partial charge is 0.492 e. The van der Waals surface area contributed by atoms with Gasteiger partial charge >= 0.3 is 5.97 Å². The third-order valence-corrected chi connectivity index (χ3v) is 5.21. The number of benzene rings is 2. The first kappa shape index (κ1) is 18.7. The van der Waals surface area contributed by atoms with Crippen molar-refractivity contribution in [1.82, 2.24) is 9.80 Å². The average molecular weight is 356 g/mol. The smallest absolute Gasteiger partial charge is 0.317 e. The molecule has 26 heavy (non-hydrogen) atoms. The highest BCUT2D eigenvalue weighted by atomic mass is 16.5. The lowest BCUT2D eigenvalue weighted by atomic mass is 10.1. The van der Waals surface area contributed by atoms with Crippen molar-refractivity contribution in [3.05, 3.63) is 42.5 Å². The molecule has 0 amide bonds. The van der Waals surface area contributed by atoms with Gasteiger partial charge in [-0.1, -0.05) is 36.4 Å². The van der Waals surface area contributed by atoms with E-state index in [-0.39, 0.29) is 6.54 Å². The molecule has 1 unspecified atom stereocenters. The van der Waals surface area contributed by atoms with Crippen molar-refractivity contribution in [2.24, 2.45) is 0 Å². The maximum absolute atomic E-state index is 10.9. The highest BCUT2D eigenvalue weighted by Crippen LogP contribution is 2.25. The molecule has 2 aromatic carbocycles. The second-order valence-electron chi connectivity index (χ2n) is 7.06. The summed E-state index contributed by atoms with van der Waals surface area (Å²) in [5, 5.41) is 11.3. The van der Waals surface area contributed by atoms with Gasteiger partial charge in [-0.3, -0.25) is 14.6 Å². The highest BCUT2D eigenvalue weighted by molar-refractivity contribution is 5.88. The number of ether oxygens (including phenoxy) is 1. The van der Waals surface area contributed by atoms with Gasteiger partial charge in [-0.15, -0.1) is 0 Å². The molecule has 1 saturated heterocycles. The predicted octanol–water partition coefficient (Wildman–Crippen LogP) is 3.09. The lowest BCUT2D eigenvalue weighted by Crippen LogP contribution is -2.37. The number of carboxylic acid groups (broad SMARTS) is 1. The van der Waals surface area contributed by atoms with Crippen LogP contribution in [-0.4, -0.2) is 66.8 Å². The standard InChI is InChI=1S/C21H28N2O3/c1-22(16-21(24)25)18-8-5-12-23(13-11-18)14-15-26-20-10-4-7-17-6-2-3-9-19(17)20/h2-4,6-7,9-10,18H,5,8,11-16H2,1H3,(H,24,25). The van der Waals surface area contributed by atoms with Gasteiger partial charge in [0.15, 0.2) is 0 Å². The zero-order chi connectivity index (χ0) is 18.4. The second kappa shape index (κ2) is 9.01. The monoisotopic (exact) mass is 356 g/mol. The molecule has 1 aliphatic rings. The number of fused-ring (bicyclic) bond motifs is 1. The molecular weight excluding hydrogens is 328 g/mol. The molecule has 5 heteroatoms. The van der Waals surface area contributed by atoms with Gasteiger partial charge in [0.25, 0.3) is 0 Å². The summed E-state index contributed by atoms with van der Waals surface area (Å²) in [4.78, 5) is 15.3. The van der Waals surface area contributed by atoms with Crippen LogP contribution in [-0.2, 0) is 4.79 Å². The zero-order valence-electron chi connectivity index (χ0n) is 15.4. The maximum Gasteiger partial charge on any atom is 0.317 e. The molecule has 0 spiro atoms. The van der Waals surface area contributed by atoms with Crippen molar-refractivity contribution < 1.29 is 14.6 Å². The van der Waals surface area contributed by atoms with Gasteiger partial charge in [0.1, 0.15) is 12.4 Å². The van der Waals surface area contributed by atoms with Crippen molar-refractivity contribution in [3.63, 3.8) is 0 Å². The van der Waals surface area contributed by atoms with E-state index in [1.54, 1.807) is 0 Å². The molecule has 0 radical (unpaired) electrons. The normalized spacial score (nSPS) is 18.8. The molecule has 1 aliphatic heterocycles. The third-order valence-electron chi connectivity index (χ3n) is 5.21. The summed E-state index contributed by atoms with van der Waals surface area (Å²) in [6.45, 7) is 3.74. The van der Waals surface area contributed by atoms with Crippen LogP contribution in [0.3, 0.4) is 0 Å². The molecule has 3 rings (SSSR count). The van der Waals surface area contributed by atoms with E-state index in [1.165, 1.54) is 5.39 Å². The number of rotatable bonds is 7. The summed E-state index contributed by atoms with van der Waals surface area (Å²) in [6.07, 6.45) is 3.17. The molecular formula is C21H28N2O3. The minimum atomic E-state index is -0.753.